The van der Waals surface area contributed by atoms with Crippen LogP contribution in [0.1, 0.15) is 43.0 Å². The molecule has 1 aromatic heterocycles. The largest absolute Gasteiger partial charge is 0.372 e. The van der Waals surface area contributed by atoms with Gasteiger partial charge >= 0.3 is 0 Å². The van der Waals surface area contributed by atoms with E-state index in [4.69, 9.17) is 0 Å². The van der Waals surface area contributed by atoms with Gasteiger partial charge in [0, 0.05) is 51.2 Å². The van der Waals surface area contributed by atoms with Crippen molar-refractivity contribution in [1.82, 2.24) is 25.3 Å². The molecule has 8 heteroatoms. The van der Waals surface area contributed by atoms with Gasteiger partial charge < -0.3 is 20.4 Å². The maximum Gasteiger partial charge on any atom is 0.191 e. The Morgan fingerprint density at radius 1 is 1.23 bits per heavy atom. The number of guanidine groups is 1. The maximum absolute atomic E-state index is 4.43. The molecule has 2 unspecified atom stereocenters. The second kappa shape index (κ2) is 11.5. The van der Waals surface area contributed by atoms with E-state index in [1.807, 2.05) is 25.0 Å². The van der Waals surface area contributed by atoms with E-state index in [1.54, 1.807) is 0 Å². The van der Waals surface area contributed by atoms with Gasteiger partial charge in [-0.1, -0.05) is 12.1 Å². The standard InChI is InChI=1S/C22H35N7.HI/c1-17(18-9-8-10-20(13-18)29-11-6-7-12-29)26-22(23-2)24-15-21(27(3)4)19-14-25-28(5)16-19;/h8-10,13-14,16-17,21H,6-7,11-12,15H2,1-5H3,(H2,23,24,26);1H. The molecule has 3 rings (SSSR count). The van der Waals surface area contributed by atoms with Crippen molar-refractivity contribution in [2.45, 2.75) is 31.8 Å². The molecule has 1 aliphatic heterocycles. The lowest BCUT2D eigenvalue weighted by Crippen LogP contribution is -2.42. The topological polar surface area (TPSA) is 60.7 Å². The summed E-state index contributed by atoms with van der Waals surface area (Å²) in [5.74, 6) is 0.805. The minimum Gasteiger partial charge on any atom is -0.372 e. The maximum atomic E-state index is 4.43. The molecule has 2 heterocycles. The first-order valence-electron chi connectivity index (χ1n) is 10.4. The van der Waals surface area contributed by atoms with Crippen LogP contribution in [0.3, 0.4) is 0 Å². The quantitative estimate of drug-likeness (QED) is 0.331. The van der Waals surface area contributed by atoms with Crippen LogP contribution in [0.5, 0.6) is 0 Å². The molecule has 166 valence electrons. The number of benzene rings is 1. The summed E-state index contributed by atoms with van der Waals surface area (Å²) in [6, 6.07) is 9.24. The second-order valence-electron chi connectivity index (χ2n) is 8.04. The van der Waals surface area contributed by atoms with E-state index < -0.39 is 0 Å². The molecule has 1 fully saturated rings. The lowest BCUT2D eigenvalue weighted by atomic mass is 10.1. The first kappa shape index (κ1) is 24.5. The van der Waals surface area contributed by atoms with Gasteiger partial charge in [-0.3, -0.25) is 9.67 Å². The van der Waals surface area contributed by atoms with E-state index in [1.165, 1.54) is 29.7 Å². The van der Waals surface area contributed by atoms with Crippen molar-refractivity contribution in [3.05, 3.63) is 47.8 Å². The van der Waals surface area contributed by atoms with Crippen LogP contribution in [-0.2, 0) is 7.05 Å². The third-order valence-corrected chi connectivity index (χ3v) is 5.61. The molecule has 1 aromatic carbocycles. The number of aryl methyl sites for hydroxylation is 1. The van der Waals surface area contributed by atoms with Gasteiger partial charge in [-0.15, -0.1) is 24.0 Å². The van der Waals surface area contributed by atoms with Crippen molar-refractivity contribution in [3.8, 4) is 0 Å². The van der Waals surface area contributed by atoms with Crippen molar-refractivity contribution in [3.63, 3.8) is 0 Å². The lowest BCUT2D eigenvalue weighted by Gasteiger charge is -2.26. The number of rotatable bonds is 7. The molecule has 0 saturated carbocycles. The predicted molar refractivity (Wildman–Crippen MR) is 136 cm³/mol. The van der Waals surface area contributed by atoms with Crippen molar-refractivity contribution < 1.29 is 0 Å². The zero-order chi connectivity index (χ0) is 20.8. The molecule has 0 aliphatic carbocycles. The van der Waals surface area contributed by atoms with Crippen LogP contribution in [0.25, 0.3) is 0 Å². The highest BCUT2D eigenvalue weighted by Gasteiger charge is 2.18. The third kappa shape index (κ3) is 6.34. The van der Waals surface area contributed by atoms with Crippen molar-refractivity contribution >= 4 is 35.6 Å². The summed E-state index contributed by atoms with van der Waals surface area (Å²) < 4.78 is 1.84. The average molecular weight is 525 g/mol. The fourth-order valence-corrected chi connectivity index (χ4v) is 3.85. The van der Waals surface area contributed by atoms with Gasteiger partial charge in [-0.25, -0.2) is 0 Å². The molecule has 2 N–H and O–H groups in total. The van der Waals surface area contributed by atoms with Gasteiger partial charge in [-0.05, 0) is 51.6 Å². The van der Waals surface area contributed by atoms with Gasteiger partial charge in [-0.2, -0.15) is 5.10 Å². The van der Waals surface area contributed by atoms with Crippen LogP contribution in [-0.4, -0.2) is 61.4 Å². The van der Waals surface area contributed by atoms with Gasteiger partial charge in [0.2, 0.25) is 0 Å². The summed E-state index contributed by atoms with van der Waals surface area (Å²) >= 11 is 0. The number of aliphatic imine (C=N–C) groups is 1. The minimum absolute atomic E-state index is 0. The van der Waals surface area contributed by atoms with Crippen molar-refractivity contribution in [1.29, 1.82) is 0 Å². The van der Waals surface area contributed by atoms with Gasteiger partial charge in [0.1, 0.15) is 0 Å². The van der Waals surface area contributed by atoms with Crippen LogP contribution < -0.4 is 15.5 Å². The molecule has 0 bridgehead atoms. The van der Waals surface area contributed by atoms with Gasteiger partial charge in [0.25, 0.3) is 0 Å². The molecule has 1 saturated heterocycles. The Morgan fingerprint density at radius 3 is 2.57 bits per heavy atom. The summed E-state index contributed by atoms with van der Waals surface area (Å²) in [4.78, 5) is 9.09. The Morgan fingerprint density at radius 2 is 1.97 bits per heavy atom. The molecule has 30 heavy (non-hydrogen) atoms. The van der Waals surface area contributed by atoms with E-state index in [2.05, 4.69) is 82.0 Å². The Kier molecular flexibility index (Phi) is 9.41. The number of anilines is 1. The number of halogens is 1. The Hall–Kier alpha value is -1.81. The van der Waals surface area contributed by atoms with Gasteiger partial charge in [0.15, 0.2) is 5.96 Å². The predicted octanol–water partition coefficient (Wildman–Crippen LogP) is 3.17. The molecular formula is C22H36IN7. The number of nitrogens with zero attached hydrogens (tertiary/aromatic N) is 5. The Balaban J connectivity index is 0.00000320. The van der Waals surface area contributed by atoms with Crippen molar-refractivity contribution in [2.24, 2.45) is 12.0 Å². The molecule has 2 aromatic rings. The second-order valence-corrected chi connectivity index (χ2v) is 8.04. The monoisotopic (exact) mass is 525 g/mol. The smallest absolute Gasteiger partial charge is 0.191 e. The summed E-state index contributed by atoms with van der Waals surface area (Å²) in [7, 11) is 7.93. The van der Waals surface area contributed by atoms with Crippen LogP contribution >= 0.6 is 24.0 Å². The van der Waals surface area contributed by atoms with Crippen LogP contribution in [0.2, 0.25) is 0 Å². The highest BCUT2D eigenvalue weighted by atomic mass is 127. The molecule has 0 radical (unpaired) electrons. The SMILES string of the molecule is CN=C(NCC(c1cnn(C)c1)N(C)C)NC(C)c1cccc(N2CCCC2)c1.I. The first-order chi connectivity index (χ1) is 14.0. The average Bonchev–Trinajstić information content (AvgIpc) is 3.39. The fraction of sp³-hybridized carbons (Fsp3) is 0.545. The van der Waals surface area contributed by atoms with E-state index in [0.717, 1.165) is 25.6 Å². The number of hydrogen-bond acceptors (Lipinski definition) is 4. The molecule has 0 spiro atoms. The summed E-state index contributed by atoms with van der Waals surface area (Å²) in [5.41, 5.74) is 3.78. The molecule has 2 atom stereocenters. The summed E-state index contributed by atoms with van der Waals surface area (Å²) in [6.45, 7) is 5.25. The lowest BCUT2D eigenvalue weighted by molar-refractivity contribution is 0.298. The molecule has 1 aliphatic rings. The molecule has 0 amide bonds. The highest BCUT2D eigenvalue weighted by Crippen LogP contribution is 2.24. The normalized spacial score (nSPS) is 16.3. The first-order valence-corrected chi connectivity index (χ1v) is 10.4. The van der Waals surface area contributed by atoms with Crippen LogP contribution in [0.4, 0.5) is 5.69 Å². The Bertz CT molecular complexity index is 811. The third-order valence-electron chi connectivity index (χ3n) is 5.61. The van der Waals surface area contributed by atoms with E-state index in [9.17, 15) is 0 Å². The zero-order valence-electron chi connectivity index (χ0n) is 18.8. The van der Waals surface area contributed by atoms with E-state index >= 15 is 0 Å². The molecule has 7 nitrogen and oxygen atoms in total. The zero-order valence-corrected chi connectivity index (χ0v) is 21.1. The molecular weight excluding hydrogens is 489 g/mol. The Labute approximate surface area is 197 Å². The van der Waals surface area contributed by atoms with Crippen molar-refractivity contribution in [2.75, 3.05) is 45.7 Å². The summed E-state index contributed by atoms with van der Waals surface area (Å²) in [6.07, 6.45) is 6.57. The van der Waals surface area contributed by atoms with Gasteiger partial charge in [0.05, 0.1) is 18.3 Å². The minimum atomic E-state index is 0. The van der Waals surface area contributed by atoms with E-state index in [0.29, 0.717) is 0 Å². The highest BCUT2D eigenvalue weighted by molar-refractivity contribution is 14.0. The van der Waals surface area contributed by atoms with E-state index in [-0.39, 0.29) is 36.1 Å². The summed E-state index contributed by atoms with van der Waals surface area (Å²) in [5, 5.41) is 11.3. The number of likely N-dealkylation sites (N-methyl/N-ethyl adjacent to an activating group) is 1. The number of nitrogens with one attached hydrogen (secondary N) is 2. The number of hydrogen-bond donors (Lipinski definition) is 2. The van der Waals surface area contributed by atoms with Crippen LogP contribution in [0, 0.1) is 0 Å². The fourth-order valence-electron chi connectivity index (χ4n) is 3.85. The number of aromatic nitrogens is 2. The van der Waals surface area contributed by atoms with Crippen LogP contribution in [0.15, 0.2) is 41.7 Å².